The fourth-order valence-corrected chi connectivity index (χ4v) is 3.40. The average molecular weight is 231 g/mol. The molecule has 1 saturated heterocycles. The molecule has 0 aromatic heterocycles. The summed E-state index contributed by atoms with van der Waals surface area (Å²) >= 11 is 6.19. The predicted octanol–water partition coefficient (Wildman–Crippen LogP) is 4.13. The largest absolute Gasteiger partial charge is 0.378 e. The molecule has 0 aromatic rings. The second-order valence-electron chi connectivity index (χ2n) is 5.20. The van der Waals surface area contributed by atoms with Gasteiger partial charge in [-0.2, -0.15) is 0 Å². The fourth-order valence-electron chi connectivity index (χ4n) is 2.99. The van der Waals surface area contributed by atoms with E-state index in [-0.39, 0.29) is 0 Å². The van der Waals surface area contributed by atoms with Gasteiger partial charge in [0.2, 0.25) is 0 Å². The van der Waals surface area contributed by atoms with E-state index in [2.05, 4.69) is 0 Å². The standard InChI is InChI=1S/C13H23ClO/c14-12-6-1-4-11(10-12)5-2-7-13-8-3-9-15-13/h11-13H,1-10H2. The van der Waals surface area contributed by atoms with Crippen LogP contribution >= 0.6 is 11.6 Å². The van der Waals surface area contributed by atoms with Gasteiger partial charge in [-0.05, 0) is 38.0 Å². The molecule has 1 aliphatic carbocycles. The van der Waals surface area contributed by atoms with Crippen LogP contribution in [-0.2, 0) is 4.74 Å². The molecule has 1 heterocycles. The van der Waals surface area contributed by atoms with E-state index in [0.717, 1.165) is 12.5 Å². The summed E-state index contributed by atoms with van der Waals surface area (Å²) in [6.07, 6.45) is 12.4. The van der Waals surface area contributed by atoms with Gasteiger partial charge in [-0.25, -0.2) is 0 Å². The number of rotatable bonds is 4. The lowest BCUT2D eigenvalue weighted by Crippen LogP contribution is -2.16. The van der Waals surface area contributed by atoms with E-state index in [1.807, 2.05) is 0 Å². The predicted molar refractivity (Wildman–Crippen MR) is 64.4 cm³/mol. The SMILES string of the molecule is ClC1CCCC(CCCC2CCCO2)C1. The maximum absolute atomic E-state index is 6.19. The molecular formula is C13H23ClO. The first-order valence-electron chi connectivity index (χ1n) is 6.60. The van der Waals surface area contributed by atoms with Gasteiger partial charge in [-0.1, -0.05) is 25.7 Å². The summed E-state index contributed by atoms with van der Waals surface area (Å²) < 4.78 is 5.64. The molecule has 0 spiro atoms. The third-order valence-electron chi connectivity index (χ3n) is 3.88. The monoisotopic (exact) mass is 230 g/mol. The van der Waals surface area contributed by atoms with Crippen molar-refractivity contribution in [3.63, 3.8) is 0 Å². The van der Waals surface area contributed by atoms with Gasteiger partial charge < -0.3 is 4.74 Å². The lowest BCUT2D eigenvalue weighted by atomic mass is 9.85. The molecule has 0 radical (unpaired) electrons. The zero-order valence-electron chi connectivity index (χ0n) is 9.59. The molecular weight excluding hydrogens is 208 g/mol. The van der Waals surface area contributed by atoms with Crippen molar-refractivity contribution in [3.8, 4) is 0 Å². The van der Waals surface area contributed by atoms with Crippen molar-refractivity contribution >= 4 is 11.6 Å². The summed E-state index contributed by atoms with van der Waals surface area (Å²) in [5.41, 5.74) is 0. The summed E-state index contributed by atoms with van der Waals surface area (Å²) in [7, 11) is 0. The number of ether oxygens (including phenoxy) is 1. The topological polar surface area (TPSA) is 9.23 Å². The average Bonchev–Trinajstić information content (AvgIpc) is 2.71. The Balaban J connectivity index is 1.56. The Morgan fingerprint density at radius 1 is 1.07 bits per heavy atom. The van der Waals surface area contributed by atoms with E-state index >= 15 is 0 Å². The minimum atomic E-state index is 0.464. The van der Waals surface area contributed by atoms with Crippen LogP contribution in [-0.4, -0.2) is 18.1 Å². The minimum Gasteiger partial charge on any atom is -0.378 e. The van der Waals surface area contributed by atoms with Crippen LogP contribution in [0.1, 0.15) is 57.8 Å². The van der Waals surface area contributed by atoms with Gasteiger partial charge in [0.1, 0.15) is 0 Å². The van der Waals surface area contributed by atoms with Gasteiger partial charge in [-0.15, -0.1) is 11.6 Å². The van der Waals surface area contributed by atoms with E-state index in [1.54, 1.807) is 0 Å². The molecule has 0 N–H and O–H groups in total. The zero-order chi connectivity index (χ0) is 10.5. The molecule has 1 aliphatic heterocycles. The van der Waals surface area contributed by atoms with Gasteiger partial charge in [0.25, 0.3) is 0 Å². The second kappa shape index (κ2) is 6.10. The molecule has 0 aromatic carbocycles. The Kier molecular flexibility index (Phi) is 4.77. The highest BCUT2D eigenvalue weighted by molar-refractivity contribution is 6.20. The molecule has 2 fully saturated rings. The maximum Gasteiger partial charge on any atom is 0.0576 e. The summed E-state index contributed by atoms with van der Waals surface area (Å²) in [6.45, 7) is 0.998. The highest BCUT2D eigenvalue weighted by Crippen LogP contribution is 2.31. The van der Waals surface area contributed by atoms with Crippen LogP contribution in [0, 0.1) is 5.92 Å². The molecule has 2 aliphatic rings. The van der Waals surface area contributed by atoms with Crippen molar-refractivity contribution in [2.75, 3.05) is 6.61 Å². The van der Waals surface area contributed by atoms with Crippen molar-refractivity contribution in [3.05, 3.63) is 0 Å². The molecule has 1 nitrogen and oxygen atoms in total. The number of hydrogen-bond donors (Lipinski definition) is 0. The molecule has 3 atom stereocenters. The van der Waals surface area contributed by atoms with Crippen molar-refractivity contribution in [2.45, 2.75) is 69.3 Å². The first kappa shape index (κ1) is 11.7. The van der Waals surface area contributed by atoms with Crippen LogP contribution in [0.2, 0.25) is 0 Å². The van der Waals surface area contributed by atoms with Crippen molar-refractivity contribution < 1.29 is 4.74 Å². The zero-order valence-corrected chi connectivity index (χ0v) is 10.3. The van der Waals surface area contributed by atoms with Gasteiger partial charge in [0.05, 0.1) is 6.10 Å². The first-order chi connectivity index (χ1) is 7.34. The van der Waals surface area contributed by atoms with Crippen LogP contribution in [0.4, 0.5) is 0 Å². The third-order valence-corrected chi connectivity index (χ3v) is 4.28. The van der Waals surface area contributed by atoms with Crippen LogP contribution in [0.3, 0.4) is 0 Å². The van der Waals surface area contributed by atoms with Crippen molar-refractivity contribution in [2.24, 2.45) is 5.92 Å². The van der Waals surface area contributed by atoms with Crippen molar-refractivity contribution in [1.29, 1.82) is 0 Å². The number of hydrogen-bond acceptors (Lipinski definition) is 1. The van der Waals surface area contributed by atoms with E-state index in [0.29, 0.717) is 11.5 Å². The molecule has 1 saturated carbocycles. The Hall–Kier alpha value is 0.250. The fraction of sp³-hybridized carbons (Fsp3) is 1.00. The summed E-state index contributed by atoms with van der Waals surface area (Å²) in [6, 6.07) is 0. The second-order valence-corrected chi connectivity index (χ2v) is 5.81. The minimum absolute atomic E-state index is 0.464. The van der Waals surface area contributed by atoms with Gasteiger partial charge >= 0.3 is 0 Å². The molecule has 2 rings (SSSR count). The Morgan fingerprint density at radius 3 is 2.73 bits per heavy atom. The molecule has 0 amide bonds. The van der Waals surface area contributed by atoms with Gasteiger partial charge in [0, 0.05) is 12.0 Å². The normalized spacial score (nSPS) is 37.0. The molecule has 2 heteroatoms. The summed E-state index contributed by atoms with van der Waals surface area (Å²) in [5, 5.41) is 0.464. The highest BCUT2D eigenvalue weighted by atomic mass is 35.5. The molecule has 3 unspecified atom stereocenters. The Bertz CT molecular complexity index is 177. The van der Waals surface area contributed by atoms with Crippen LogP contribution in [0.5, 0.6) is 0 Å². The molecule has 15 heavy (non-hydrogen) atoms. The quantitative estimate of drug-likeness (QED) is 0.660. The molecule has 0 bridgehead atoms. The Morgan fingerprint density at radius 2 is 2.00 bits per heavy atom. The lowest BCUT2D eigenvalue weighted by Gasteiger charge is -2.25. The smallest absolute Gasteiger partial charge is 0.0576 e. The van der Waals surface area contributed by atoms with E-state index in [9.17, 15) is 0 Å². The summed E-state index contributed by atoms with van der Waals surface area (Å²) in [4.78, 5) is 0. The van der Waals surface area contributed by atoms with E-state index < -0.39 is 0 Å². The van der Waals surface area contributed by atoms with Crippen LogP contribution < -0.4 is 0 Å². The Labute approximate surface area is 98.5 Å². The van der Waals surface area contributed by atoms with Crippen LogP contribution in [0.15, 0.2) is 0 Å². The number of halogens is 1. The van der Waals surface area contributed by atoms with E-state index in [4.69, 9.17) is 16.3 Å². The third kappa shape index (κ3) is 3.96. The maximum atomic E-state index is 6.19. The summed E-state index contributed by atoms with van der Waals surface area (Å²) in [5.74, 6) is 0.905. The first-order valence-corrected chi connectivity index (χ1v) is 7.04. The van der Waals surface area contributed by atoms with Gasteiger partial charge in [-0.3, -0.25) is 0 Å². The van der Waals surface area contributed by atoms with Crippen molar-refractivity contribution in [1.82, 2.24) is 0 Å². The van der Waals surface area contributed by atoms with Crippen LogP contribution in [0.25, 0.3) is 0 Å². The highest BCUT2D eigenvalue weighted by Gasteiger charge is 2.21. The lowest BCUT2D eigenvalue weighted by molar-refractivity contribution is 0.100. The van der Waals surface area contributed by atoms with Gasteiger partial charge in [0.15, 0.2) is 0 Å². The number of alkyl halides is 1. The molecule has 88 valence electrons. The van der Waals surface area contributed by atoms with E-state index in [1.165, 1.54) is 57.8 Å².